The van der Waals surface area contributed by atoms with Crippen molar-refractivity contribution in [3.63, 3.8) is 0 Å². The van der Waals surface area contributed by atoms with E-state index in [1.165, 1.54) is 6.07 Å². The first-order valence-electron chi connectivity index (χ1n) is 8.81. The molecule has 1 aliphatic rings. The number of nitrogens with one attached hydrogen (secondary N) is 1. The van der Waals surface area contributed by atoms with E-state index in [0.29, 0.717) is 18.4 Å². The highest BCUT2D eigenvalue weighted by Gasteiger charge is 2.43. The summed E-state index contributed by atoms with van der Waals surface area (Å²) in [7, 11) is 0. The summed E-state index contributed by atoms with van der Waals surface area (Å²) in [5.74, 6) is -0.744. The Morgan fingerprint density at radius 3 is 2.46 bits per heavy atom. The molecular weight excluding hydrogens is 347 g/mol. The van der Waals surface area contributed by atoms with Gasteiger partial charge < -0.3 is 10.1 Å². The van der Waals surface area contributed by atoms with Gasteiger partial charge in [-0.1, -0.05) is 31.0 Å². The molecule has 1 aliphatic carbocycles. The summed E-state index contributed by atoms with van der Waals surface area (Å²) in [6, 6.07) is 4.99. The maximum Gasteiger partial charge on any atom is 0.416 e. The van der Waals surface area contributed by atoms with Crippen LogP contribution in [0.2, 0.25) is 0 Å². The van der Waals surface area contributed by atoms with Gasteiger partial charge in [-0.3, -0.25) is 9.59 Å². The number of hydrogen-bond acceptors (Lipinski definition) is 3. The van der Waals surface area contributed by atoms with Gasteiger partial charge in [0.2, 0.25) is 5.91 Å². The zero-order chi connectivity index (χ0) is 19.4. The van der Waals surface area contributed by atoms with E-state index in [2.05, 4.69) is 5.32 Å². The molecule has 0 aliphatic heterocycles. The van der Waals surface area contributed by atoms with Gasteiger partial charge in [0.05, 0.1) is 23.5 Å². The number of esters is 1. The molecule has 1 aromatic carbocycles. The molecule has 0 bridgehead atoms. The molecule has 26 heavy (non-hydrogen) atoms. The predicted molar refractivity (Wildman–Crippen MR) is 90.4 cm³/mol. The van der Waals surface area contributed by atoms with Crippen molar-refractivity contribution < 1.29 is 27.5 Å². The van der Waals surface area contributed by atoms with Gasteiger partial charge in [0.25, 0.3) is 0 Å². The van der Waals surface area contributed by atoms with E-state index in [1.807, 2.05) is 0 Å². The molecule has 7 heteroatoms. The van der Waals surface area contributed by atoms with Gasteiger partial charge in [-0.05, 0) is 38.3 Å². The molecule has 2 rings (SSSR count). The third-order valence-corrected chi connectivity index (χ3v) is 4.62. The molecule has 1 amide bonds. The highest BCUT2D eigenvalue weighted by molar-refractivity contribution is 5.89. The van der Waals surface area contributed by atoms with Gasteiger partial charge in [-0.25, -0.2) is 0 Å². The van der Waals surface area contributed by atoms with Crippen molar-refractivity contribution in [2.24, 2.45) is 0 Å². The smallest absolute Gasteiger partial charge is 0.416 e. The van der Waals surface area contributed by atoms with E-state index in [1.54, 1.807) is 19.9 Å². The highest BCUT2D eigenvalue weighted by atomic mass is 19.4. The Morgan fingerprint density at radius 1 is 1.23 bits per heavy atom. The average molecular weight is 371 g/mol. The number of alkyl halides is 3. The van der Waals surface area contributed by atoms with Crippen LogP contribution in [0.25, 0.3) is 0 Å². The first-order valence-corrected chi connectivity index (χ1v) is 8.81. The lowest BCUT2D eigenvalue weighted by Crippen LogP contribution is -2.43. The van der Waals surface area contributed by atoms with Crippen LogP contribution in [0.1, 0.15) is 57.1 Å². The predicted octanol–water partition coefficient (Wildman–Crippen LogP) is 3.98. The van der Waals surface area contributed by atoms with Crippen LogP contribution < -0.4 is 5.32 Å². The molecule has 0 atom stereocenters. The second-order valence-corrected chi connectivity index (χ2v) is 6.91. The summed E-state index contributed by atoms with van der Waals surface area (Å²) in [5.41, 5.74) is -1.34. The van der Waals surface area contributed by atoms with Crippen LogP contribution in [-0.2, 0) is 25.9 Å². The summed E-state index contributed by atoms with van der Waals surface area (Å²) in [5, 5.41) is 2.71. The van der Waals surface area contributed by atoms with Gasteiger partial charge in [0, 0.05) is 6.54 Å². The van der Waals surface area contributed by atoms with Crippen molar-refractivity contribution in [1.82, 2.24) is 5.32 Å². The molecule has 0 saturated heterocycles. The average Bonchev–Trinajstić information content (AvgIpc) is 3.04. The largest absolute Gasteiger partial charge is 0.463 e. The van der Waals surface area contributed by atoms with Gasteiger partial charge in [0.15, 0.2) is 0 Å². The quantitative estimate of drug-likeness (QED) is 0.770. The van der Waals surface area contributed by atoms with Crippen molar-refractivity contribution in [3.8, 4) is 0 Å². The van der Waals surface area contributed by atoms with Crippen LogP contribution in [0.15, 0.2) is 24.3 Å². The maximum atomic E-state index is 13.0. The zero-order valence-electron chi connectivity index (χ0n) is 15.0. The van der Waals surface area contributed by atoms with E-state index in [-0.39, 0.29) is 25.0 Å². The molecule has 1 N–H and O–H groups in total. The molecule has 144 valence electrons. The number of carbonyl (C=O) groups excluding carboxylic acids is 2. The Morgan fingerprint density at radius 2 is 1.88 bits per heavy atom. The van der Waals surface area contributed by atoms with Crippen LogP contribution in [-0.4, -0.2) is 24.5 Å². The number of rotatable bonds is 6. The molecule has 0 radical (unpaired) electrons. The summed E-state index contributed by atoms with van der Waals surface area (Å²) in [4.78, 5) is 24.4. The summed E-state index contributed by atoms with van der Waals surface area (Å²) in [6.45, 7) is 3.57. The lowest BCUT2D eigenvalue weighted by molar-refractivity contribution is -0.147. The van der Waals surface area contributed by atoms with Crippen molar-refractivity contribution in [3.05, 3.63) is 35.4 Å². The third kappa shape index (κ3) is 4.77. The van der Waals surface area contributed by atoms with Crippen LogP contribution in [0, 0.1) is 0 Å². The number of hydrogen-bond donors (Lipinski definition) is 1. The summed E-state index contributed by atoms with van der Waals surface area (Å²) in [6.07, 6.45) is -2.11. The molecule has 4 nitrogen and oxygen atoms in total. The first kappa shape index (κ1) is 20.3. The highest BCUT2D eigenvalue weighted by Crippen LogP contribution is 2.43. The number of halogens is 3. The van der Waals surface area contributed by atoms with Gasteiger partial charge in [-0.15, -0.1) is 0 Å². The van der Waals surface area contributed by atoms with Gasteiger partial charge in [-0.2, -0.15) is 13.2 Å². The van der Waals surface area contributed by atoms with Gasteiger partial charge in [0.1, 0.15) is 0 Å². The lowest BCUT2D eigenvalue weighted by atomic mass is 9.77. The lowest BCUT2D eigenvalue weighted by Gasteiger charge is -2.29. The molecule has 0 unspecified atom stereocenters. The van der Waals surface area contributed by atoms with Crippen LogP contribution in [0.5, 0.6) is 0 Å². The fourth-order valence-corrected chi connectivity index (χ4v) is 3.39. The Balaban J connectivity index is 2.12. The van der Waals surface area contributed by atoms with E-state index < -0.39 is 23.1 Å². The molecule has 1 aromatic rings. The van der Waals surface area contributed by atoms with E-state index in [9.17, 15) is 22.8 Å². The second kappa shape index (κ2) is 8.10. The Bertz CT molecular complexity index is 650. The second-order valence-electron chi connectivity index (χ2n) is 6.91. The minimum absolute atomic E-state index is 0.0303. The van der Waals surface area contributed by atoms with Crippen molar-refractivity contribution in [1.29, 1.82) is 0 Å². The number of benzene rings is 1. The topological polar surface area (TPSA) is 55.4 Å². The molecule has 1 saturated carbocycles. The van der Waals surface area contributed by atoms with Crippen molar-refractivity contribution in [2.45, 2.75) is 63.6 Å². The monoisotopic (exact) mass is 371 g/mol. The normalized spacial score (nSPS) is 16.5. The van der Waals surface area contributed by atoms with Crippen LogP contribution in [0.4, 0.5) is 13.2 Å². The number of carbonyl (C=O) groups is 2. The van der Waals surface area contributed by atoms with E-state index in [0.717, 1.165) is 25.0 Å². The Labute approximate surface area is 151 Å². The standard InChI is InChI=1S/C19H24F3NO3/c1-13(2)26-16(24)8-11-23-17(25)18(9-3-4-10-18)14-6-5-7-15(12-14)19(20,21)22/h5-7,12-13H,3-4,8-11H2,1-2H3,(H,23,25). The minimum Gasteiger partial charge on any atom is -0.463 e. The molecular formula is C19H24F3NO3. The molecule has 1 fully saturated rings. The third-order valence-electron chi connectivity index (χ3n) is 4.62. The van der Waals surface area contributed by atoms with E-state index >= 15 is 0 Å². The zero-order valence-corrected chi connectivity index (χ0v) is 15.0. The van der Waals surface area contributed by atoms with Crippen molar-refractivity contribution in [2.75, 3.05) is 6.54 Å². The summed E-state index contributed by atoms with van der Waals surface area (Å²) < 4.78 is 44.1. The maximum absolute atomic E-state index is 13.0. The fourth-order valence-electron chi connectivity index (χ4n) is 3.39. The molecule has 0 aromatic heterocycles. The SMILES string of the molecule is CC(C)OC(=O)CCNC(=O)C1(c2cccc(C(F)(F)F)c2)CCCC1. The molecule has 0 heterocycles. The Kier molecular flexibility index (Phi) is 6.31. The summed E-state index contributed by atoms with van der Waals surface area (Å²) >= 11 is 0. The minimum atomic E-state index is -4.45. The number of amides is 1. The first-order chi connectivity index (χ1) is 12.1. The number of ether oxygens (including phenoxy) is 1. The van der Waals surface area contributed by atoms with Crippen LogP contribution in [0.3, 0.4) is 0 Å². The molecule has 0 spiro atoms. The van der Waals surface area contributed by atoms with E-state index in [4.69, 9.17) is 4.74 Å². The van der Waals surface area contributed by atoms with Crippen molar-refractivity contribution >= 4 is 11.9 Å². The Hall–Kier alpha value is -2.05. The fraction of sp³-hybridized carbons (Fsp3) is 0.579. The van der Waals surface area contributed by atoms with Gasteiger partial charge >= 0.3 is 12.1 Å². The van der Waals surface area contributed by atoms with Crippen LogP contribution >= 0.6 is 0 Å².